The topological polar surface area (TPSA) is 71.1 Å². The van der Waals surface area contributed by atoms with Crippen LogP contribution in [0.1, 0.15) is 54.5 Å². The largest absolute Gasteiger partial charge is 0.448 e. The number of piperazine rings is 1. The number of hydrogen-bond donors (Lipinski definition) is 1. The fraction of sp³-hybridized carbons (Fsp3) is 0.394. The second kappa shape index (κ2) is 12.0. The van der Waals surface area contributed by atoms with Crippen LogP contribution in [0, 0.1) is 17.4 Å². The Kier molecular flexibility index (Phi) is 8.61. The maximum Gasteiger partial charge on any atom is 0.411 e. The van der Waals surface area contributed by atoms with Gasteiger partial charge in [0.15, 0.2) is 0 Å². The molecule has 3 aromatic rings. The van der Waals surface area contributed by atoms with Gasteiger partial charge in [0.05, 0.1) is 0 Å². The third-order valence-corrected chi connectivity index (χ3v) is 9.48. The number of amides is 2. The van der Waals surface area contributed by atoms with E-state index < -0.39 is 11.7 Å². The molecule has 1 saturated heterocycles. The van der Waals surface area contributed by atoms with Gasteiger partial charge in [0, 0.05) is 47.9 Å². The Morgan fingerprint density at radius 2 is 1.51 bits per heavy atom. The summed E-state index contributed by atoms with van der Waals surface area (Å²) in [4.78, 5) is 29.6. The molecule has 3 aromatic carbocycles. The second-order valence-electron chi connectivity index (χ2n) is 11.8. The fourth-order valence-electron chi connectivity index (χ4n) is 5.63. The number of rotatable bonds is 5. The normalized spacial score (nSPS) is 15.3. The van der Waals surface area contributed by atoms with E-state index in [1.807, 2.05) is 52.0 Å². The van der Waals surface area contributed by atoms with Crippen molar-refractivity contribution in [3.8, 4) is 11.1 Å². The summed E-state index contributed by atoms with van der Waals surface area (Å²) in [5, 5.41) is 3.02. The molecule has 0 aromatic heterocycles. The van der Waals surface area contributed by atoms with Gasteiger partial charge in [0.1, 0.15) is 12.2 Å². The van der Waals surface area contributed by atoms with Crippen LogP contribution in [0.4, 0.5) is 15.3 Å². The van der Waals surface area contributed by atoms with Crippen molar-refractivity contribution in [2.75, 3.05) is 38.1 Å². The van der Waals surface area contributed by atoms with E-state index in [1.165, 1.54) is 27.8 Å². The summed E-state index contributed by atoms with van der Waals surface area (Å²) in [5.41, 5.74) is 8.44. The molecule has 1 aliphatic heterocycles. The van der Waals surface area contributed by atoms with Crippen LogP contribution in [0.25, 0.3) is 11.1 Å². The van der Waals surface area contributed by atoms with Crippen LogP contribution in [0.2, 0.25) is 0 Å². The molecule has 2 aliphatic rings. The molecule has 0 saturated carbocycles. The number of ether oxygens (including phenoxy) is 2. The number of halogens is 1. The minimum Gasteiger partial charge on any atom is -0.448 e. The van der Waals surface area contributed by atoms with Crippen molar-refractivity contribution in [1.82, 2.24) is 9.80 Å². The molecular weight excluding hydrogens is 629 g/mol. The van der Waals surface area contributed by atoms with Crippen molar-refractivity contribution < 1.29 is 19.1 Å². The quantitative estimate of drug-likeness (QED) is 0.289. The average molecular weight is 668 g/mol. The Morgan fingerprint density at radius 3 is 2.10 bits per heavy atom. The Morgan fingerprint density at radius 1 is 0.927 bits per heavy atom. The molecule has 216 valence electrons. The second-order valence-corrected chi connectivity index (χ2v) is 12.9. The zero-order valence-electron chi connectivity index (χ0n) is 24.4. The first-order chi connectivity index (χ1) is 19.5. The molecular formula is C33H38IN3O4. The van der Waals surface area contributed by atoms with Gasteiger partial charge < -0.3 is 14.4 Å². The minimum atomic E-state index is -0.499. The first kappa shape index (κ1) is 29.4. The molecule has 1 heterocycles. The number of carbonyl (C=O) groups is 2. The summed E-state index contributed by atoms with van der Waals surface area (Å²) in [6.45, 7) is 13.6. The van der Waals surface area contributed by atoms with Gasteiger partial charge in [0.2, 0.25) is 0 Å². The number of nitrogens with one attached hydrogen (secondary N) is 1. The zero-order chi connectivity index (χ0) is 29.3. The SMILES string of the molecule is Cc1c(CN2CCN(C(=O)OC(C)(C)C)CC2)cc(NC(=O)OCC2c3ccccc3-c3ccccc32)c(C)c1I. The predicted molar refractivity (Wildman–Crippen MR) is 170 cm³/mol. The number of anilines is 1. The Labute approximate surface area is 256 Å². The maximum atomic E-state index is 13.0. The van der Waals surface area contributed by atoms with Gasteiger partial charge in [-0.05, 0) is 102 Å². The third kappa shape index (κ3) is 6.54. The predicted octanol–water partition coefficient (Wildman–Crippen LogP) is 7.32. The Balaban J connectivity index is 1.22. The molecule has 1 aliphatic carbocycles. The maximum absolute atomic E-state index is 13.0. The zero-order valence-corrected chi connectivity index (χ0v) is 26.6. The van der Waals surface area contributed by atoms with Crippen LogP contribution in [-0.2, 0) is 16.0 Å². The Hall–Kier alpha value is -3.11. The highest BCUT2D eigenvalue weighted by molar-refractivity contribution is 14.1. The molecule has 2 amide bonds. The number of hydrogen-bond acceptors (Lipinski definition) is 5. The molecule has 1 N–H and O–H groups in total. The van der Waals surface area contributed by atoms with Gasteiger partial charge in [-0.1, -0.05) is 48.5 Å². The van der Waals surface area contributed by atoms with E-state index in [9.17, 15) is 9.59 Å². The first-order valence-electron chi connectivity index (χ1n) is 14.1. The van der Waals surface area contributed by atoms with Crippen molar-refractivity contribution in [3.05, 3.63) is 86.0 Å². The summed E-state index contributed by atoms with van der Waals surface area (Å²) in [5.74, 6) is 0.0160. The van der Waals surface area contributed by atoms with Crippen molar-refractivity contribution in [2.45, 2.75) is 52.7 Å². The standard InChI is InChI=1S/C33H38IN3O4/c1-21-23(19-36-14-16-37(17-15-36)32(39)41-33(3,4)5)18-29(22(2)30(21)34)35-31(38)40-20-28-26-12-8-6-10-24(26)25-11-7-9-13-27(25)28/h6-13,18,28H,14-17,19-20H2,1-5H3,(H,35,38). The molecule has 0 unspecified atom stereocenters. The lowest BCUT2D eigenvalue weighted by Gasteiger charge is -2.36. The molecule has 8 heteroatoms. The highest BCUT2D eigenvalue weighted by atomic mass is 127. The molecule has 0 radical (unpaired) electrons. The number of benzene rings is 3. The lowest BCUT2D eigenvalue weighted by Crippen LogP contribution is -2.49. The number of carbonyl (C=O) groups excluding carboxylic acids is 2. The molecule has 1 fully saturated rings. The fourth-order valence-corrected chi connectivity index (χ4v) is 6.26. The van der Waals surface area contributed by atoms with Gasteiger partial charge in [-0.25, -0.2) is 9.59 Å². The lowest BCUT2D eigenvalue weighted by molar-refractivity contribution is 0.0139. The van der Waals surface area contributed by atoms with Crippen molar-refractivity contribution >= 4 is 40.5 Å². The molecule has 0 atom stereocenters. The highest BCUT2D eigenvalue weighted by Crippen LogP contribution is 2.44. The van der Waals surface area contributed by atoms with Crippen LogP contribution in [-0.4, -0.2) is 60.4 Å². The van der Waals surface area contributed by atoms with E-state index in [0.717, 1.165) is 40.0 Å². The average Bonchev–Trinajstić information content (AvgIpc) is 3.26. The van der Waals surface area contributed by atoms with E-state index in [-0.39, 0.29) is 18.6 Å². The van der Waals surface area contributed by atoms with Crippen LogP contribution in [0.15, 0.2) is 54.6 Å². The van der Waals surface area contributed by atoms with E-state index in [1.54, 1.807) is 4.90 Å². The van der Waals surface area contributed by atoms with Gasteiger partial charge in [0.25, 0.3) is 0 Å². The van der Waals surface area contributed by atoms with Crippen LogP contribution < -0.4 is 5.32 Å². The first-order valence-corrected chi connectivity index (χ1v) is 15.2. The van der Waals surface area contributed by atoms with Crippen molar-refractivity contribution in [3.63, 3.8) is 0 Å². The molecule has 0 spiro atoms. The van der Waals surface area contributed by atoms with E-state index in [4.69, 9.17) is 9.47 Å². The van der Waals surface area contributed by atoms with Crippen molar-refractivity contribution in [1.29, 1.82) is 0 Å². The summed E-state index contributed by atoms with van der Waals surface area (Å²) < 4.78 is 12.5. The summed E-state index contributed by atoms with van der Waals surface area (Å²) >= 11 is 2.36. The molecule has 5 rings (SSSR count). The van der Waals surface area contributed by atoms with Gasteiger partial charge in [-0.3, -0.25) is 10.2 Å². The summed E-state index contributed by atoms with van der Waals surface area (Å²) in [6, 6.07) is 18.7. The minimum absolute atomic E-state index is 0.0160. The van der Waals surface area contributed by atoms with E-state index in [0.29, 0.717) is 13.1 Å². The third-order valence-electron chi connectivity index (χ3n) is 7.86. The smallest absolute Gasteiger partial charge is 0.411 e. The molecule has 7 nitrogen and oxygen atoms in total. The Bertz CT molecular complexity index is 1410. The van der Waals surface area contributed by atoms with Gasteiger partial charge in [-0.15, -0.1) is 0 Å². The lowest BCUT2D eigenvalue weighted by atomic mass is 9.98. The van der Waals surface area contributed by atoms with Gasteiger partial charge in [-0.2, -0.15) is 0 Å². The van der Waals surface area contributed by atoms with E-state index >= 15 is 0 Å². The van der Waals surface area contributed by atoms with Crippen LogP contribution in [0.3, 0.4) is 0 Å². The van der Waals surface area contributed by atoms with Crippen LogP contribution >= 0.6 is 22.6 Å². The summed E-state index contributed by atoms with van der Waals surface area (Å²) in [7, 11) is 0. The number of fused-ring (bicyclic) bond motifs is 3. The summed E-state index contributed by atoms with van der Waals surface area (Å²) in [6.07, 6.45) is -0.709. The number of nitrogens with zero attached hydrogens (tertiary/aromatic N) is 2. The highest BCUT2D eigenvalue weighted by Gasteiger charge is 2.30. The monoisotopic (exact) mass is 667 g/mol. The van der Waals surface area contributed by atoms with Gasteiger partial charge >= 0.3 is 12.2 Å². The molecule has 41 heavy (non-hydrogen) atoms. The van der Waals surface area contributed by atoms with E-state index in [2.05, 4.69) is 70.1 Å². The van der Waals surface area contributed by atoms with Crippen LogP contribution in [0.5, 0.6) is 0 Å². The molecule has 0 bridgehead atoms. The van der Waals surface area contributed by atoms with Crippen molar-refractivity contribution in [2.24, 2.45) is 0 Å².